The van der Waals surface area contributed by atoms with E-state index in [9.17, 15) is 8.42 Å². The van der Waals surface area contributed by atoms with Gasteiger partial charge in [-0.25, -0.2) is 8.42 Å². The van der Waals surface area contributed by atoms with Gasteiger partial charge in [-0.15, -0.1) is 0 Å². The Morgan fingerprint density at radius 1 is 0.947 bits per heavy atom. The van der Waals surface area contributed by atoms with E-state index in [1.54, 1.807) is 42.5 Å². The van der Waals surface area contributed by atoms with Crippen LogP contribution in [0.5, 0.6) is 5.75 Å². The summed E-state index contributed by atoms with van der Waals surface area (Å²) in [5, 5.41) is 1.62. The van der Waals surface area contributed by atoms with Crippen molar-refractivity contribution in [2.75, 3.05) is 0 Å². The Hall–Kier alpha value is -1.78. The number of rotatable bonds is 4. The average molecular weight is 295 g/mol. The van der Waals surface area contributed by atoms with Gasteiger partial charge in [0.15, 0.2) is 0 Å². The van der Waals surface area contributed by atoms with Crippen LogP contribution in [0.15, 0.2) is 71.2 Å². The lowest BCUT2D eigenvalue weighted by molar-refractivity contribution is 0.481. The predicted molar refractivity (Wildman–Crippen MR) is 74.8 cm³/mol. The second-order valence-electron chi connectivity index (χ2n) is 3.70. The van der Waals surface area contributed by atoms with E-state index in [0.717, 1.165) is 11.7 Å². The molecular formula is C14H11ClO3S. The molecule has 0 aliphatic rings. The first-order valence-corrected chi connectivity index (χ1v) is 7.39. The van der Waals surface area contributed by atoms with Gasteiger partial charge in [0.25, 0.3) is 0 Å². The number of ether oxygens (including phenoxy) is 1. The number of sulfone groups is 1. The fraction of sp³-hybridized carbons (Fsp3) is 0. The third-order valence-corrected chi connectivity index (χ3v) is 3.97. The Morgan fingerprint density at radius 2 is 1.58 bits per heavy atom. The first-order chi connectivity index (χ1) is 9.08. The van der Waals surface area contributed by atoms with Gasteiger partial charge in [-0.1, -0.05) is 29.8 Å². The van der Waals surface area contributed by atoms with E-state index in [1.165, 1.54) is 12.1 Å². The highest BCUT2D eigenvalue weighted by atomic mass is 35.5. The molecule has 0 saturated heterocycles. The van der Waals surface area contributed by atoms with Crippen LogP contribution in [0.1, 0.15) is 0 Å². The summed E-state index contributed by atoms with van der Waals surface area (Å²) in [6, 6.07) is 14.8. The number of halogens is 1. The van der Waals surface area contributed by atoms with Gasteiger partial charge in [-0.3, -0.25) is 0 Å². The minimum absolute atomic E-state index is 0.228. The molecular weight excluding hydrogens is 284 g/mol. The van der Waals surface area contributed by atoms with Crippen molar-refractivity contribution in [2.45, 2.75) is 4.90 Å². The molecule has 0 aliphatic carbocycles. The summed E-state index contributed by atoms with van der Waals surface area (Å²) >= 11 is 5.73. The molecule has 0 spiro atoms. The molecule has 0 bridgehead atoms. The molecule has 0 heterocycles. The lowest BCUT2D eigenvalue weighted by atomic mass is 10.3. The van der Waals surface area contributed by atoms with E-state index in [-0.39, 0.29) is 4.90 Å². The van der Waals surface area contributed by atoms with E-state index < -0.39 is 9.84 Å². The molecule has 98 valence electrons. The van der Waals surface area contributed by atoms with Gasteiger partial charge in [0, 0.05) is 5.02 Å². The monoisotopic (exact) mass is 294 g/mol. The van der Waals surface area contributed by atoms with Gasteiger partial charge in [-0.2, -0.15) is 0 Å². The van der Waals surface area contributed by atoms with Crippen LogP contribution in [0, 0.1) is 0 Å². The zero-order valence-corrected chi connectivity index (χ0v) is 11.4. The normalized spacial score (nSPS) is 11.6. The van der Waals surface area contributed by atoms with Crippen molar-refractivity contribution in [3.05, 3.63) is 71.3 Å². The molecule has 0 atom stereocenters. The van der Waals surface area contributed by atoms with Crippen LogP contribution in [0.2, 0.25) is 5.02 Å². The highest BCUT2D eigenvalue weighted by Crippen LogP contribution is 2.16. The van der Waals surface area contributed by atoms with Crippen LogP contribution < -0.4 is 4.74 Å². The van der Waals surface area contributed by atoms with Crippen molar-refractivity contribution in [3.63, 3.8) is 0 Å². The molecule has 0 N–H and O–H groups in total. The van der Waals surface area contributed by atoms with Crippen molar-refractivity contribution in [2.24, 2.45) is 0 Å². The molecule has 0 aromatic heterocycles. The molecule has 0 fully saturated rings. The Kier molecular flexibility index (Phi) is 4.24. The summed E-state index contributed by atoms with van der Waals surface area (Å²) in [5.74, 6) is 0.518. The average Bonchev–Trinajstić information content (AvgIpc) is 2.42. The molecule has 3 nitrogen and oxygen atoms in total. The summed E-state index contributed by atoms with van der Waals surface area (Å²) in [5.41, 5.74) is 0. The fourth-order valence-electron chi connectivity index (χ4n) is 1.38. The van der Waals surface area contributed by atoms with E-state index in [2.05, 4.69) is 0 Å². The van der Waals surface area contributed by atoms with Gasteiger partial charge in [0.05, 0.1) is 10.3 Å². The summed E-state index contributed by atoms with van der Waals surface area (Å²) in [7, 11) is -3.47. The van der Waals surface area contributed by atoms with Crippen molar-refractivity contribution >= 4 is 21.4 Å². The Morgan fingerprint density at radius 3 is 2.21 bits per heavy atom. The number of hydrogen-bond acceptors (Lipinski definition) is 3. The first-order valence-electron chi connectivity index (χ1n) is 5.47. The zero-order chi connectivity index (χ0) is 13.7. The van der Waals surface area contributed by atoms with E-state index in [0.29, 0.717) is 10.8 Å². The first kappa shape index (κ1) is 13.6. The maximum absolute atomic E-state index is 11.9. The molecule has 2 aromatic carbocycles. The molecule has 5 heteroatoms. The number of benzene rings is 2. The SMILES string of the molecule is O=S(=O)(/C=C/Oc1ccc(Cl)cc1)c1ccccc1. The minimum atomic E-state index is -3.47. The van der Waals surface area contributed by atoms with Crippen molar-refractivity contribution in [1.82, 2.24) is 0 Å². The van der Waals surface area contributed by atoms with E-state index in [1.807, 2.05) is 0 Å². The summed E-state index contributed by atoms with van der Waals surface area (Å²) in [6.45, 7) is 0. The molecule has 0 amide bonds. The maximum atomic E-state index is 11.9. The minimum Gasteiger partial charge on any atom is -0.464 e. The summed E-state index contributed by atoms with van der Waals surface area (Å²) in [4.78, 5) is 0.228. The predicted octanol–water partition coefficient (Wildman–Crippen LogP) is 3.66. The van der Waals surface area contributed by atoms with Crippen molar-refractivity contribution < 1.29 is 13.2 Å². The standard InChI is InChI=1S/C14H11ClO3S/c15-12-6-8-13(9-7-12)18-10-11-19(16,17)14-4-2-1-3-5-14/h1-11H/b11-10+. The quantitative estimate of drug-likeness (QED) is 0.808. The second kappa shape index (κ2) is 5.91. The van der Waals surface area contributed by atoms with Gasteiger partial charge < -0.3 is 4.74 Å². The molecule has 0 radical (unpaired) electrons. The molecule has 2 rings (SSSR count). The van der Waals surface area contributed by atoms with Crippen LogP contribution in [0.3, 0.4) is 0 Å². The lowest BCUT2D eigenvalue weighted by Crippen LogP contribution is -1.96. The lowest BCUT2D eigenvalue weighted by Gasteiger charge is -2.00. The van der Waals surface area contributed by atoms with Crippen molar-refractivity contribution in [1.29, 1.82) is 0 Å². The van der Waals surface area contributed by atoms with Crippen molar-refractivity contribution in [3.8, 4) is 5.75 Å². The highest BCUT2D eigenvalue weighted by molar-refractivity contribution is 7.94. The summed E-state index contributed by atoms with van der Waals surface area (Å²) in [6.07, 6.45) is 1.14. The Balaban J connectivity index is 2.09. The smallest absolute Gasteiger partial charge is 0.202 e. The zero-order valence-electron chi connectivity index (χ0n) is 9.86. The molecule has 0 unspecified atom stereocenters. The molecule has 19 heavy (non-hydrogen) atoms. The van der Waals surface area contributed by atoms with Gasteiger partial charge >= 0.3 is 0 Å². The van der Waals surface area contributed by atoms with Crippen LogP contribution in [0.4, 0.5) is 0 Å². The topological polar surface area (TPSA) is 43.4 Å². The maximum Gasteiger partial charge on any atom is 0.202 e. The second-order valence-corrected chi connectivity index (χ2v) is 5.97. The molecule has 0 aliphatic heterocycles. The highest BCUT2D eigenvalue weighted by Gasteiger charge is 2.08. The largest absolute Gasteiger partial charge is 0.464 e. The van der Waals surface area contributed by atoms with Crippen LogP contribution in [-0.4, -0.2) is 8.42 Å². The van der Waals surface area contributed by atoms with E-state index in [4.69, 9.17) is 16.3 Å². The summed E-state index contributed by atoms with van der Waals surface area (Å²) < 4.78 is 29.0. The number of hydrogen-bond donors (Lipinski definition) is 0. The van der Waals surface area contributed by atoms with Gasteiger partial charge in [0.1, 0.15) is 12.0 Å². The molecule has 0 saturated carbocycles. The van der Waals surface area contributed by atoms with Crippen LogP contribution in [0.25, 0.3) is 0 Å². The fourth-order valence-corrected chi connectivity index (χ4v) is 2.40. The Bertz CT molecular complexity index is 662. The third-order valence-electron chi connectivity index (χ3n) is 2.32. The van der Waals surface area contributed by atoms with E-state index >= 15 is 0 Å². The van der Waals surface area contributed by atoms with Gasteiger partial charge in [0.2, 0.25) is 9.84 Å². The third kappa shape index (κ3) is 3.84. The Labute approximate surface area is 117 Å². The van der Waals surface area contributed by atoms with Gasteiger partial charge in [-0.05, 0) is 36.4 Å². The molecule has 2 aromatic rings. The van der Waals surface area contributed by atoms with Crippen LogP contribution >= 0.6 is 11.6 Å². The van der Waals surface area contributed by atoms with Crippen LogP contribution in [-0.2, 0) is 9.84 Å².